The fourth-order valence-electron chi connectivity index (χ4n) is 0.709. The first kappa shape index (κ1) is 10.9. The Labute approximate surface area is 75.0 Å². The van der Waals surface area contributed by atoms with Crippen LogP contribution in [0.25, 0.3) is 0 Å². The molecule has 0 spiro atoms. The summed E-state index contributed by atoms with van der Waals surface area (Å²) in [5, 5.41) is 2.94. The van der Waals surface area contributed by atoms with Gasteiger partial charge in [-0.2, -0.15) is 0 Å². The van der Waals surface area contributed by atoms with Gasteiger partial charge in [-0.1, -0.05) is 19.8 Å². The van der Waals surface area contributed by atoms with Gasteiger partial charge >= 0.3 is 0 Å². The van der Waals surface area contributed by atoms with E-state index in [0.29, 0.717) is 12.5 Å². The average Bonchev–Trinajstić information content (AvgIpc) is 2.03. The van der Waals surface area contributed by atoms with Crippen LogP contribution >= 0.6 is 0 Å². The average molecular weight is 167 g/mol. The second-order valence-electron chi connectivity index (χ2n) is 2.71. The molecule has 12 heavy (non-hydrogen) atoms. The Morgan fingerprint density at radius 2 is 2.25 bits per heavy atom. The Morgan fingerprint density at radius 3 is 2.67 bits per heavy atom. The highest BCUT2D eigenvalue weighted by Gasteiger charge is 2.01. The van der Waals surface area contributed by atoms with E-state index in [9.17, 15) is 0 Å². The maximum Gasteiger partial charge on any atom is 0.148 e. The summed E-state index contributed by atoms with van der Waals surface area (Å²) in [6, 6.07) is 0. The van der Waals surface area contributed by atoms with E-state index in [0.717, 1.165) is 5.76 Å². The van der Waals surface area contributed by atoms with Gasteiger partial charge in [-0.05, 0) is 6.92 Å². The molecule has 0 rings (SSSR count). The first-order chi connectivity index (χ1) is 5.72. The van der Waals surface area contributed by atoms with Gasteiger partial charge in [-0.3, -0.25) is 0 Å². The Balaban J connectivity index is 3.94. The summed E-state index contributed by atoms with van der Waals surface area (Å²) in [5.41, 5.74) is 0. The lowest BCUT2D eigenvalue weighted by Gasteiger charge is -2.10. The Bertz CT molecular complexity index is 196. The molecule has 2 heteroatoms. The molecule has 0 saturated heterocycles. The van der Waals surface area contributed by atoms with Crippen LogP contribution in [-0.4, -0.2) is 13.7 Å². The highest BCUT2D eigenvalue weighted by atomic mass is 16.5. The van der Waals surface area contributed by atoms with Crippen LogP contribution in [0.2, 0.25) is 0 Å². The van der Waals surface area contributed by atoms with Crippen LogP contribution in [0.4, 0.5) is 0 Å². The second kappa shape index (κ2) is 6.60. The van der Waals surface area contributed by atoms with Gasteiger partial charge in [0.1, 0.15) is 12.4 Å². The molecule has 0 aliphatic heterocycles. The summed E-state index contributed by atoms with van der Waals surface area (Å²) in [6.45, 7) is 6.45. The molecule has 0 bridgehead atoms. The van der Waals surface area contributed by atoms with Crippen molar-refractivity contribution in [2.75, 3.05) is 13.7 Å². The van der Waals surface area contributed by atoms with Crippen LogP contribution in [0.15, 0.2) is 12.0 Å². The molecule has 0 unspecified atom stereocenters. The normalized spacial score (nSPS) is 10.6. The fourth-order valence-corrected chi connectivity index (χ4v) is 0.709. The van der Waals surface area contributed by atoms with Crippen molar-refractivity contribution in [3.8, 4) is 11.8 Å². The molecule has 0 aliphatic carbocycles. The van der Waals surface area contributed by atoms with E-state index in [1.165, 1.54) is 0 Å². The number of hydrogen-bond donors (Lipinski definition) is 1. The summed E-state index contributed by atoms with van der Waals surface area (Å²) in [7, 11) is 1.86. The molecule has 0 amide bonds. The maximum atomic E-state index is 5.41. The monoisotopic (exact) mass is 167 g/mol. The SMILES string of the molecule is CC#CCO/C(=C\NC)C(C)C. The molecule has 1 N–H and O–H groups in total. The number of ether oxygens (including phenoxy) is 1. The third-order valence-corrected chi connectivity index (χ3v) is 1.34. The van der Waals surface area contributed by atoms with E-state index in [1.807, 2.05) is 13.2 Å². The smallest absolute Gasteiger partial charge is 0.148 e. The third kappa shape index (κ3) is 4.68. The van der Waals surface area contributed by atoms with Crippen molar-refractivity contribution in [3.05, 3.63) is 12.0 Å². The lowest BCUT2D eigenvalue weighted by atomic mass is 10.2. The molecule has 0 heterocycles. The van der Waals surface area contributed by atoms with Gasteiger partial charge in [0.2, 0.25) is 0 Å². The quantitative estimate of drug-likeness (QED) is 0.508. The first-order valence-electron chi connectivity index (χ1n) is 4.12. The Morgan fingerprint density at radius 1 is 1.58 bits per heavy atom. The fraction of sp³-hybridized carbons (Fsp3) is 0.600. The molecule has 0 aromatic heterocycles. The van der Waals surface area contributed by atoms with E-state index >= 15 is 0 Å². The zero-order valence-electron chi connectivity index (χ0n) is 8.27. The van der Waals surface area contributed by atoms with Gasteiger partial charge in [0.25, 0.3) is 0 Å². The predicted molar refractivity (Wildman–Crippen MR) is 51.4 cm³/mol. The molecule has 0 radical (unpaired) electrons. The molecule has 0 fully saturated rings. The van der Waals surface area contributed by atoms with Crippen molar-refractivity contribution >= 4 is 0 Å². The van der Waals surface area contributed by atoms with Crippen LogP contribution < -0.4 is 5.32 Å². The number of nitrogens with one attached hydrogen (secondary N) is 1. The van der Waals surface area contributed by atoms with Gasteiger partial charge in [-0.15, -0.1) is 5.92 Å². The minimum Gasteiger partial charge on any atom is -0.484 e. The highest BCUT2D eigenvalue weighted by Crippen LogP contribution is 2.08. The lowest BCUT2D eigenvalue weighted by Crippen LogP contribution is -2.05. The lowest BCUT2D eigenvalue weighted by molar-refractivity contribution is 0.218. The van der Waals surface area contributed by atoms with Crippen LogP contribution in [0.3, 0.4) is 0 Å². The summed E-state index contributed by atoms with van der Waals surface area (Å²) in [5.74, 6) is 6.98. The summed E-state index contributed by atoms with van der Waals surface area (Å²) in [4.78, 5) is 0. The van der Waals surface area contributed by atoms with E-state index in [4.69, 9.17) is 4.74 Å². The minimum atomic E-state index is 0.399. The molecule has 0 atom stereocenters. The van der Waals surface area contributed by atoms with Crippen molar-refractivity contribution in [1.82, 2.24) is 5.32 Å². The molecule has 2 nitrogen and oxygen atoms in total. The van der Waals surface area contributed by atoms with Crippen LogP contribution in [0, 0.1) is 17.8 Å². The van der Waals surface area contributed by atoms with Gasteiger partial charge in [0.15, 0.2) is 0 Å². The second-order valence-corrected chi connectivity index (χ2v) is 2.71. The number of allylic oxidation sites excluding steroid dienone is 1. The van der Waals surface area contributed by atoms with Gasteiger partial charge < -0.3 is 10.1 Å². The van der Waals surface area contributed by atoms with E-state index in [1.54, 1.807) is 6.92 Å². The van der Waals surface area contributed by atoms with Crippen molar-refractivity contribution in [1.29, 1.82) is 0 Å². The molecule has 0 saturated carbocycles. The van der Waals surface area contributed by atoms with Crippen LogP contribution in [0.5, 0.6) is 0 Å². The minimum absolute atomic E-state index is 0.399. The molecule has 0 aromatic rings. The topological polar surface area (TPSA) is 21.3 Å². The number of rotatable bonds is 4. The van der Waals surface area contributed by atoms with Gasteiger partial charge in [-0.25, -0.2) is 0 Å². The Hall–Kier alpha value is -1.10. The van der Waals surface area contributed by atoms with E-state index in [2.05, 4.69) is 31.0 Å². The largest absolute Gasteiger partial charge is 0.484 e. The first-order valence-corrected chi connectivity index (χ1v) is 4.12. The van der Waals surface area contributed by atoms with Crippen molar-refractivity contribution < 1.29 is 4.74 Å². The van der Waals surface area contributed by atoms with Crippen molar-refractivity contribution in [2.24, 2.45) is 5.92 Å². The standard InChI is InChI=1S/C10H17NO/c1-5-6-7-12-10(8-11-4)9(2)3/h8-9,11H,7H2,1-4H3/b10-8-. The maximum absolute atomic E-state index is 5.41. The Kier molecular flexibility index (Phi) is 6.00. The zero-order chi connectivity index (χ0) is 9.40. The van der Waals surface area contributed by atoms with Crippen LogP contribution in [-0.2, 0) is 4.74 Å². The van der Waals surface area contributed by atoms with E-state index < -0.39 is 0 Å². The van der Waals surface area contributed by atoms with Crippen molar-refractivity contribution in [2.45, 2.75) is 20.8 Å². The molecular formula is C10H17NO. The predicted octanol–water partition coefficient (Wildman–Crippen LogP) is 1.74. The molecule has 0 aliphatic rings. The summed E-state index contributed by atoms with van der Waals surface area (Å²) in [6.07, 6.45) is 1.86. The summed E-state index contributed by atoms with van der Waals surface area (Å²) >= 11 is 0. The van der Waals surface area contributed by atoms with E-state index in [-0.39, 0.29) is 0 Å². The van der Waals surface area contributed by atoms with Gasteiger partial charge in [0.05, 0.1) is 0 Å². The van der Waals surface area contributed by atoms with Crippen molar-refractivity contribution in [3.63, 3.8) is 0 Å². The number of hydrogen-bond acceptors (Lipinski definition) is 2. The highest BCUT2D eigenvalue weighted by molar-refractivity contribution is 5.00. The van der Waals surface area contributed by atoms with Crippen LogP contribution in [0.1, 0.15) is 20.8 Å². The molecule has 68 valence electrons. The molecule has 0 aromatic carbocycles. The molecular weight excluding hydrogens is 150 g/mol. The summed E-state index contributed by atoms with van der Waals surface area (Å²) < 4.78 is 5.41. The third-order valence-electron chi connectivity index (χ3n) is 1.34. The van der Waals surface area contributed by atoms with Gasteiger partial charge in [0, 0.05) is 19.2 Å². The zero-order valence-corrected chi connectivity index (χ0v) is 8.27.